The number of anilines is 1. The van der Waals surface area contributed by atoms with Crippen LogP contribution in [0.4, 0.5) is 5.00 Å². The van der Waals surface area contributed by atoms with Crippen LogP contribution in [0.5, 0.6) is 0 Å². The average molecular weight is 315 g/mol. The largest absolute Gasteiger partial charge is 0.351 e. The second-order valence-corrected chi connectivity index (χ2v) is 6.90. The number of nitrogens with zero attached hydrogens (tertiary/aromatic N) is 1. The Morgan fingerprint density at radius 2 is 2.32 bits per heavy atom. The van der Waals surface area contributed by atoms with Crippen LogP contribution in [0.3, 0.4) is 0 Å². The third kappa shape index (κ3) is 2.19. The van der Waals surface area contributed by atoms with Crippen molar-refractivity contribution in [2.24, 2.45) is 0 Å². The number of fused-ring (bicyclic) bond motifs is 3. The molecule has 0 spiro atoms. The van der Waals surface area contributed by atoms with E-state index in [9.17, 15) is 4.79 Å². The lowest BCUT2D eigenvalue weighted by atomic mass is 10.0. The van der Waals surface area contributed by atoms with Crippen LogP contribution in [0.15, 0.2) is 24.4 Å². The fraction of sp³-hybridized carbons (Fsp3) is 0.375. The molecule has 4 heterocycles. The van der Waals surface area contributed by atoms with Gasteiger partial charge in [0, 0.05) is 12.6 Å². The van der Waals surface area contributed by atoms with E-state index in [1.807, 2.05) is 18.2 Å². The van der Waals surface area contributed by atoms with Crippen LogP contribution in [0.25, 0.3) is 0 Å². The van der Waals surface area contributed by atoms with Crippen LogP contribution in [0.1, 0.15) is 39.6 Å². The number of hydrogen-bond donors (Lipinski definition) is 3. The Labute approximate surface area is 133 Å². The van der Waals surface area contributed by atoms with E-state index in [0.717, 1.165) is 42.3 Å². The molecule has 2 aliphatic heterocycles. The summed E-state index contributed by atoms with van der Waals surface area (Å²) in [4.78, 5) is 19.9. The van der Waals surface area contributed by atoms with E-state index >= 15 is 0 Å². The van der Waals surface area contributed by atoms with Crippen LogP contribution in [-0.4, -0.2) is 24.0 Å². The number of carbonyl (C=O) groups excluding carboxylic acids is 1. The third-order valence-electron chi connectivity index (χ3n) is 4.49. The lowest BCUT2D eigenvalue weighted by Crippen LogP contribution is -3.11. The van der Waals surface area contributed by atoms with Gasteiger partial charge in [0.1, 0.15) is 17.7 Å². The van der Waals surface area contributed by atoms with Gasteiger partial charge in [0.25, 0.3) is 5.91 Å². The van der Waals surface area contributed by atoms with Gasteiger partial charge in [-0.3, -0.25) is 9.78 Å². The monoisotopic (exact) mass is 315 g/mol. The first-order valence-corrected chi connectivity index (χ1v) is 8.54. The van der Waals surface area contributed by atoms with Crippen molar-refractivity contribution in [1.29, 1.82) is 0 Å². The van der Waals surface area contributed by atoms with E-state index < -0.39 is 0 Å². The minimum atomic E-state index is -0.240. The molecule has 0 fully saturated rings. The maximum Gasteiger partial charge on any atom is 0.256 e. The number of pyridine rings is 1. The Balaban J connectivity index is 1.68. The first kappa shape index (κ1) is 13.7. The summed E-state index contributed by atoms with van der Waals surface area (Å²) in [5.74, 6) is 0.0295. The van der Waals surface area contributed by atoms with Crippen LogP contribution in [0, 0.1) is 0 Å². The minimum Gasteiger partial charge on any atom is -0.351 e. The zero-order valence-electron chi connectivity index (χ0n) is 12.5. The molecule has 114 valence electrons. The van der Waals surface area contributed by atoms with Crippen molar-refractivity contribution in [3.05, 3.63) is 46.1 Å². The van der Waals surface area contributed by atoms with Crippen LogP contribution in [-0.2, 0) is 13.0 Å². The highest BCUT2D eigenvalue weighted by molar-refractivity contribution is 7.16. The predicted octanol–water partition coefficient (Wildman–Crippen LogP) is 0.958. The van der Waals surface area contributed by atoms with Crippen LogP contribution >= 0.6 is 11.3 Å². The number of nitrogens with one attached hydrogen (secondary N) is 3. The molecule has 0 aliphatic carbocycles. The van der Waals surface area contributed by atoms with Gasteiger partial charge in [-0.15, -0.1) is 11.3 Å². The molecule has 0 radical (unpaired) electrons. The molecule has 0 bridgehead atoms. The summed E-state index contributed by atoms with van der Waals surface area (Å²) >= 11 is 1.74. The molecule has 2 aromatic heterocycles. The highest BCUT2D eigenvalue weighted by Gasteiger charge is 2.34. The van der Waals surface area contributed by atoms with E-state index in [0.29, 0.717) is 0 Å². The van der Waals surface area contributed by atoms with Gasteiger partial charge in [-0.1, -0.05) is 6.07 Å². The number of aromatic nitrogens is 1. The Bertz CT molecular complexity index is 712. The summed E-state index contributed by atoms with van der Waals surface area (Å²) in [6, 6.07) is 5.75. The summed E-state index contributed by atoms with van der Waals surface area (Å²) in [7, 11) is 0. The zero-order valence-corrected chi connectivity index (χ0v) is 13.3. The molecule has 6 heteroatoms. The molecule has 2 aliphatic rings. The van der Waals surface area contributed by atoms with E-state index in [-0.39, 0.29) is 12.1 Å². The van der Waals surface area contributed by atoms with Gasteiger partial charge in [0.15, 0.2) is 0 Å². The molecule has 2 atom stereocenters. The minimum absolute atomic E-state index is 0.0295. The van der Waals surface area contributed by atoms with Gasteiger partial charge in [0.2, 0.25) is 0 Å². The molecule has 3 N–H and O–H groups in total. The summed E-state index contributed by atoms with van der Waals surface area (Å²) in [5, 5.41) is 7.49. The van der Waals surface area contributed by atoms with Gasteiger partial charge < -0.3 is 15.5 Å². The number of quaternary nitrogens is 1. The molecule has 5 nitrogen and oxygen atoms in total. The first-order chi connectivity index (χ1) is 10.8. The Kier molecular flexibility index (Phi) is 3.35. The maximum absolute atomic E-state index is 12.6. The van der Waals surface area contributed by atoms with Crippen molar-refractivity contribution < 1.29 is 9.69 Å². The number of rotatable bonds is 2. The van der Waals surface area contributed by atoms with E-state index in [1.54, 1.807) is 22.4 Å². The van der Waals surface area contributed by atoms with E-state index in [1.165, 1.54) is 10.4 Å². The number of amides is 1. The number of thiophene rings is 1. The fourth-order valence-corrected chi connectivity index (χ4v) is 4.59. The van der Waals surface area contributed by atoms with Gasteiger partial charge in [-0.25, -0.2) is 0 Å². The van der Waals surface area contributed by atoms with Gasteiger partial charge >= 0.3 is 0 Å². The number of likely N-dealkylation sites (N-methyl/N-ethyl adjacent to an activating group) is 1. The molecule has 1 amide bonds. The van der Waals surface area contributed by atoms with Gasteiger partial charge in [0.05, 0.1) is 29.2 Å². The first-order valence-electron chi connectivity index (χ1n) is 7.72. The normalized spacial score (nSPS) is 23.2. The number of carbonyl (C=O) groups is 1. The van der Waals surface area contributed by atoms with E-state index in [4.69, 9.17) is 0 Å². The Morgan fingerprint density at radius 1 is 1.41 bits per heavy atom. The maximum atomic E-state index is 12.6. The van der Waals surface area contributed by atoms with Crippen molar-refractivity contribution in [2.75, 3.05) is 18.4 Å². The average Bonchev–Trinajstić information content (AvgIpc) is 2.93. The van der Waals surface area contributed by atoms with Crippen molar-refractivity contribution in [3.63, 3.8) is 0 Å². The highest BCUT2D eigenvalue weighted by Crippen LogP contribution is 2.38. The number of hydrogen-bond acceptors (Lipinski definition) is 4. The molecule has 1 unspecified atom stereocenters. The SMILES string of the molecule is CC[NH+]1CCc2c(sc3c2C(=O)N[C@@H](c2ccccn2)N3)C1. The molecule has 0 aromatic carbocycles. The quantitative estimate of drug-likeness (QED) is 0.774. The van der Waals surface area contributed by atoms with Crippen molar-refractivity contribution >= 4 is 22.2 Å². The Morgan fingerprint density at radius 3 is 3.09 bits per heavy atom. The van der Waals surface area contributed by atoms with Crippen molar-refractivity contribution in [3.8, 4) is 0 Å². The summed E-state index contributed by atoms with van der Waals surface area (Å²) < 4.78 is 0. The molecule has 0 saturated heterocycles. The molecular weight excluding hydrogens is 296 g/mol. The lowest BCUT2D eigenvalue weighted by molar-refractivity contribution is -0.913. The van der Waals surface area contributed by atoms with Crippen LogP contribution < -0.4 is 15.5 Å². The highest BCUT2D eigenvalue weighted by atomic mass is 32.1. The smallest absolute Gasteiger partial charge is 0.256 e. The fourth-order valence-electron chi connectivity index (χ4n) is 3.25. The van der Waals surface area contributed by atoms with E-state index in [2.05, 4.69) is 22.5 Å². The third-order valence-corrected chi connectivity index (χ3v) is 5.65. The predicted molar refractivity (Wildman–Crippen MR) is 86.2 cm³/mol. The van der Waals surface area contributed by atoms with Crippen molar-refractivity contribution in [2.45, 2.75) is 26.1 Å². The Hall–Kier alpha value is -1.92. The van der Waals surface area contributed by atoms with Crippen LogP contribution in [0.2, 0.25) is 0 Å². The summed E-state index contributed by atoms with van der Waals surface area (Å²) in [6.45, 7) is 5.50. The topological polar surface area (TPSA) is 58.5 Å². The standard InChI is InChI=1S/C16H18N4OS/c1-2-20-8-6-10-12(9-20)22-16-13(10)15(21)18-14(19-16)11-5-3-4-7-17-11/h3-5,7,14,19H,2,6,8-9H2,1H3,(H,18,21)/p+1/t14-/m1/s1. The second kappa shape index (κ2) is 5.37. The summed E-state index contributed by atoms with van der Waals surface area (Å²) in [5.41, 5.74) is 2.96. The molecule has 0 saturated carbocycles. The lowest BCUT2D eigenvalue weighted by Gasteiger charge is -2.26. The van der Waals surface area contributed by atoms with Crippen molar-refractivity contribution in [1.82, 2.24) is 10.3 Å². The summed E-state index contributed by atoms with van der Waals surface area (Å²) in [6.07, 6.45) is 2.50. The zero-order chi connectivity index (χ0) is 15.1. The molecule has 4 rings (SSSR count). The van der Waals surface area contributed by atoms with Gasteiger partial charge in [-0.2, -0.15) is 0 Å². The van der Waals surface area contributed by atoms with Gasteiger partial charge in [-0.05, 0) is 24.6 Å². The molecular formula is C16H19N4OS+. The second-order valence-electron chi connectivity index (χ2n) is 5.79. The molecule has 2 aromatic rings. The molecule has 22 heavy (non-hydrogen) atoms.